The highest BCUT2D eigenvalue weighted by Gasteiger charge is 2.56. The van der Waals surface area contributed by atoms with Gasteiger partial charge in [-0.25, -0.2) is 8.78 Å². The summed E-state index contributed by atoms with van der Waals surface area (Å²) in [6.45, 7) is 4.53. The Labute approximate surface area is 813 Å². The Morgan fingerprint density at radius 3 is 1.90 bits per heavy atom. The molecule has 5 unspecified atom stereocenters. The second kappa shape index (κ2) is 49.4. The lowest BCUT2D eigenvalue weighted by atomic mass is 9.97. The van der Waals surface area contributed by atoms with Crippen molar-refractivity contribution in [3.63, 3.8) is 0 Å². The number of aliphatic hydroxyl groups excluding tert-OH is 1. The number of hydrogen-bond donors (Lipinski definition) is 15. The molecule has 11 amide bonds. The smallest absolute Gasteiger partial charge is 0.305 e. The van der Waals surface area contributed by atoms with E-state index in [4.69, 9.17) is 25.7 Å². The molecule has 4 aliphatic heterocycles. The maximum Gasteiger partial charge on any atom is 0.305 e. The molecule has 4 saturated heterocycles. The molecule has 1 aliphatic carbocycles. The van der Waals surface area contributed by atoms with Crippen LogP contribution in [0.25, 0.3) is 10.9 Å². The number of aliphatic carboxylic acids is 1. The number of halogens is 2. The van der Waals surface area contributed by atoms with E-state index in [1.807, 2.05) is 81.6 Å². The average Bonchev–Trinajstić information content (AvgIpc) is 1.61. The van der Waals surface area contributed by atoms with Gasteiger partial charge < -0.3 is 113 Å². The van der Waals surface area contributed by atoms with Crippen molar-refractivity contribution in [2.24, 2.45) is 17.4 Å². The number of phenols is 2. The third-order valence-corrected chi connectivity index (χ3v) is 27.4. The van der Waals surface area contributed by atoms with E-state index in [1.165, 1.54) is 60.2 Å². The maximum absolute atomic E-state index is 15.5. The summed E-state index contributed by atoms with van der Waals surface area (Å²) >= 11 is 0.768. The number of phenolic OH excluding ortho intramolecular Hbond substituents is 2. The first-order chi connectivity index (χ1) is 67.0. The Bertz CT molecular complexity index is 5550. The molecule has 0 bridgehead atoms. The number of likely N-dealkylation sites (tertiary alicyclic amines) is 2. The minimum absolute atomic E-state index is 0.0156. The number of carboxylic acid groups (broad SMARTS) is 1. The summed E-state index contributed by atoms with van der Waals surface area (Å²) in [6.07, 6.45) is -1.59. The number of unbranched alkanes of at least 4 members (excludes halogenated alkanes) is 1. The summed E-state index contributed by atoms with van der Waals surface area (Å²) < 4.78 is 48.9. The number of nitrogens with zero attached hydrogens (tertiary/aromatic N) is 5. The fraction of sp³-hybridized carbons (Fsp3) is 0.480. The summed E-state index contributed by atoms with van der Waals surface area (Å²) in [5, 5.41) is 65.4. The Kier molecular flexibility index (Phi) is 37.5. The van der Waals surface area contributed by atoms with E-state index in [-0.39, 0.29) is 131 Å². The number of aldehydes is 1. The van der Waals surface area contributed by atoms with Crippen LogP contribution in [0.15, 0.2) is 146 Å². The first kappa shape index (κ1) is 106. The molecule has 12 rings (SSSR count). The van der Waals surface area contributed by atoms with Crippen LogP contribution in [0.5, 0.6) is 11.5 Å². The van der Waals surface area contributed by atoms with Crippen molar-refractivity contribution in [3.05, 3.63) is 202 Å². The molecule has 17 N–H and O–H groups in total. The molecule has 40 heteroatoms. The molecular formula is C100H126F2N16O21S. The Morgan fingerprint density at radius 1 is 0.643 bits per heavy atom. The van der Waals surface area contributed by atoms with E-state index < -0.39 is 223 Å². The van der Waals surface area contributed by atoms with Crippen molar-refractivity contribution in [2.75, 3.05) is 72.5 Å². The third-order valence-electron chi connectivity index (χ3n) is 26.3. The second-order valence-corrected chi connectivity index (χ2v) is 37.9. The van der Waals surface area contributed by atoms with Crippen molar-refractivity contribution < 1.29 is 111 Å². The predicted octanol–water partition coefficient (Wildman–Crippen LogP) is 2.00. The molecule has 1 aromatic heterocycles. The van der Waals surface area contributed by atoms with Gasteiger partial charge in [-0.15, -0.1) is 11.8 Å². The predicted molar refractivity (Wildman–Crippen MR) is 512 cm³/mol. The minimum atomic E-state index is -1.63. The molecule has 140 heavy (non-hydrogen) atoms. The number of β-amino-alcohol motifs (C(OH)–C–C–N with tert-alkyl or cyclic N) is 1. The standard InChI is InChI=1S/C100H126F2N16O21S/c1-8-9-25-78(98(135)117-36-18-26-77(117)93(131)108-62(52-119)45-85(126)127)114(4)97(134)81(41-57-21-14-11-15-22-57)116(6)96(133)75(43-60-42-69(101)86(102)68-47-67(60)68)109-84(125)54-140-53-76(90(128)107-50-83(103)124)112-91(129)71(35-37-137-7)110-92(130)74(39-59-29-33-64(121)34-30-59)113-95-88(138-95)73(44-61-48-105-70-24-17-16-23-66(61)70)111-94(132)80-46-65(122)51-118(80)100-89(139-100)72(38-58-27-31-63(120)32-28-58)106-49-82(123)79(40-56-19-12-10-13-20-56)115(5)99(136)87(104)55(2)3/h10-17,19-24,27-34,42,48,52,55,62,65,71-81,87-89,95,100,105-106,113,120-122H,8-9,18,25-26,35-41,43-47,49-51,53-54,104H2,1-7H3,(H2,103,124)(H,107,128)(H,108,131)(H,109,125)(H,110,130)(H,111,132)(H,112,129)(H,126,127)/t62-,65+,71-,72-,73-,74-,75-,76-,77+,78-,79?,80+,81-,87-,88?,89?,95?,100?/m0/s1. The van der Waals surface area contributed by atoms with Crippen molar-refractivity contribution in [1.82, 2.24) is 72.0 Å². The summed E-state index contributed by atoms with van der Waals surface area (Å²) in [7, 11) is 5.60. The Balaban J connectivity index is 0.747. The number of epoxide rings is 2. The van der Waals surface area contributed by atoms with Gasteiger partial charge in [0.2, 0.25) is 65.0 Å². The van der Waals surface area contributed by atoms with E-state index in [9.17, 15) is 68.4 Å². The lowest BCUT2D eigenvalue weighted by Gasteiger charge is -2.38. The van der Waals surface area contributed by atoms with E-state index in [0.29, 0.717) is 36.0 Å². The minimum Gasteiger partial charge on any atom is -0.508 e. The highest BCUT2D eigenvalue weighted by atomic mass is 32.2. The van der Waals surface area contributed by atoms with Crippen molar-refractivity contribution >= 4 is 106 Å². The van der Waals surface area contributed by atoms with Gasteiger partial charge in [0.1, 0.15) is 78.7 Å². The SMILES string of the molecule is CCCC[C@@H](C(=O)N1CCC[C@@H]1C(=O)N[C@H](C=O)CC(=O)O)N(C)C(=O)[C@H](Cc1ccccc1)N(C)C(=O)[C@H](Cc1cc(F)c(F)c2c1C2)NC(=O)CSC[C@H](NC(=O)[C@H](CCOC)NC(=O)[C@H](Cc1ccc(O)cc1)NC1OC1[C@H](Cc1c[nH]c2ccccc12)NC(=O)[C@H]1C[C@@H](O)CN1C1OC1[C@H](Cc1ccc(O)cc1)NCC(=O)C(Cc1ccccc1)N(C)C(=O)[C@@H](N)C(C)C)C(=O)NCC(N)=O. The quantitative estimate of drug-likeness (QED) is 0.0191. The van der Waals surface area contributed by atoms with Crippen LogP contribution in [-0.4, -0.2) is 315 Å². The first-order valence-electron chi connectivity index (χ1n) is 47.1. The Morgan fingerprint density at radius 2 is 1.26 bits per heavy atom. The number of primary amides is 1. The van der Waals surface area contributed by atoms with Gasteiger partial charge in [-0.05, 0) is 145 Å². The number of ketones is 1. The van der Waals surface area contributed by atoms with Gasteiger partial charge in [-0.1, -0.05) is 137 Å². The van der Waals surface area contributed by atoms with Crippen LogP contribution in [0.3, 0.4) is 0 Å². The van der Waals surface area contributed by atoms with E-state index in [2.05, 4.69) is 47.5 Å². The van der Waals surface area contributed by atoms with Gasteiger partial charge in [0.25, 0.3) is 0 Å². The van der Waals surface area contributed by atoms with Crippen LogP contribution in [0.1, 0.15) is 117 Å². The number of likely N-dealkylation sites (N-methyl/N-ethyl adjacent to an activating group) is 3. The zero-order valence-electron chi connectivity index (χ0n) is 79.2. The number of ether oxygens (including phenoxy) is 3. The maximum atomic E-state index is 15.5. The molecule has 0 spiro atoms. The molecule has 0 saturated carbocycles. The number of aliphatic hydroxyl groups is 1. The molecule has 6 aromatic carbocycles. The number of aromatic hydroxyl groups is 2. The van der Waals surface area contributed by atoms with Crippen LogP contribution in [0, 0.1) is 17.6 Å². The van der Waals surface area contributed by atoms with Gasteiger partial charge in [0, 0.05) is 96.1 Å². The zero-order chi connectivity index (χ0) is 101. The molecule has 7 aromatic rings. The van der Waals surface area contributed by atoms with Crippen LogP contribution in [0.2, 0.25) is 0 Å². The topological polar surface area (TPSA) is 534 Å². The number of methoxy groups -OCH3 is 1. The van der Waals surface area contributed by atoms with E-state index >= 15 is 28.0 Å². The average molecular weight is 1960 g/mol. The molecule has 0 radical (unpaired) electrons. The molecule has 37 nitrogen and oxygen atoms in total. The van der Waals surface area contributed by atoms with Gasteiger partial charge in [-0.2, -0.15) is 0 Å². The van der Waals surface area contributed by atoms with Gasteiger partial charge in [-0.3, -0.25) is 72.5 Å². The summed E-state index contributed by atoms with van der Waals surface area (Å²) in [6, 6.07) is 23.4. The number of para-hydroxylation sites is 1. The Hall–Kier alpha value is -12.7. The van der Waals surface area contributed by atoms with Crippen molar-refractivity contribution in [3.8, 4) is 11.5 Å². The van der Waals surface area contributed by atoms with E-state index in [0.717, 1.165) is 50.3 Å². The first-order valence-corrected chi connectivity index (χ1v) is 48.3. The largest absolute Gasteiger partial charge is 0.508 e. The second-order valence-electron chi connectivity index (χ2n) is 36.8. The van der Waals surface area contributed by atoms with E-state index in [1.54, 1.807) is 66.5 Å². The number of nitrogens with one attached hydrogen (secondary N) is 9. The molecule has 5 heterocycles. The highest BCUT2D eigenvalue weighted by molar-refractivity contribution is 8.00. The van der Waals surface area contributed by atoms with Gasteiger partial charge >= 0.3 is 5.97 Å². The number of aromatic amines is 1. The molecular weight excluding hydrogens is 1830 g/mol. The summed E-state index contributed by atoms with van der Waals surface area (Å²) in [5.74, 6) is -13.7. The van der Waals surface area contributed by atoms with Crippen molar-refractivity contribution in [2.45, 2.75) is 226 Å². The van der Waals surface area contributed by atoms with Gasteiger partial charge in [0.15, 0.2) is 17.4 Å². The lowest BCUT2D eigenvalue weighted by Crippen LogP contribution is -2.59. The number of rotatable bonds is 54. The number of Topliss-reactive ketones (excluding diaryl/α,β-unsaturated/α-hetero) is 1. The molecule has 4 fully saturated rings. The summed E-state index contributed by atoms with van der Waals surface area (Å²) in [5.41, 5.74) is 16.7. The number of hydrogen-bond acceptors (Lipinski definition) is 25. The number of thioether (sulfide) groups is 1. The number of carbonyl (C=O) groups excluding carboxylic acids is 13. The fourth-order valence-electron chi connectivity index (χ4n) is 18.2. The number of carbonyl (C=O) groups is 14. The third kappa shape index (κ3) is 28.4. The molecule has 752 valence electrons. The highest BCUT2D eigenvalue weighted by Crippen LogP contribution is 2.40. The fourth-order valence-corrected chi connectivity index (χ4v) is 19.1. The van der Waals surface area contributed by atoms with Crippen LogP contribution < -0.4 is 54.0 Å². The zero-order valence-corrected chi connectivity index (χ0v) is 80.1. The van der Waals surface area contributed by atoms with Crippen molar-refractivity contribution in [1.29, 1.82) is 0 Å². The van der Waals surface area contributed by atoms with Gasteiger partial charge in [0.05, 0.1) is 67.6 Å². The van der Waals surface area contributed by atoms with Crippen LogP contribution in [-0.2, 0) is 126 Å². The molecule has 5 aliphatic rings. The summed E-state index contributed by atoms with van der Waals surface area (Å²) in [4.78, 5) is 208. The number of nitrogens with two attached hydrogens (primary N) is 2. The number of fused-ring (bicyclic) bond motifs is 2. The molecule has 18 atom stereocenters. The van der Waals surface area contributed by atoms with Crippen LogP contribution in [0.4, 0.5) is 8.78 Å². The number of H-pyrrole nitrogens is 1. The number of benzene rings is 6. The monoisotopic (exact) mass is 1960 g/mol. The van der Waals surface area contributed by atoms with Crippen LogP contribution >= 0.6 is 11.8 Å². The number of amides is 11. The lowest BCUT2D eigenvalue weighted by molar-refractivity contribution is -0.152. The number of carboxylic acids is 1. The number of aromatic nitrogens is 1. The normalized spacial score (nSPS) is 19.7.